The Hall–Kier alpha value is -1.25. The van der Waals surface area contributed by atoms with Crippen LogP contribution in [-0.4, -0.2) is 4.55 Å². The molecule has 0 N–H and O–H groups in total. The highest BCUT2D eigenvalue weighted by atomic mass is 32.2. The summed E-state index contributed by atoms with van der Waals surface area (Å²) < 4.78 is 13.7. The van der Waals surface area contributed by atoms with Crippen molar-refractivity contribution >= 4 is 11.2 Å². The van der Waals surface area contributed by atoms with Crippen LogP contribution in [0.4, 0.5) is 0 Å². The van der Waals surface area contributed by atoms with E-state index in [1.54, 1.807) is 0 Å². The van der Waals surface area contributed by atoms with E-state index in [9.17, 15) is 4.55 Å². The minimum atomic E-state index is -1.07. The van der Waals surface area contributed by atoms with Crippen molar-refractivity contribution in [1.29, 1.82) is 0 Å². The first kappa shape index (κ1) is 18.1. The molecule has 0 radical (unpaired) electrons. The number of hydrogen-bond acceptors (Lipinski definition) is 1. The average Bonchev–Trinajstić information content (AvgIpc) is 2.74. The summed E-state index contributed by atoms with van der Waals surface area (Å²) >= 11 is -1.07. The van der Waals surface area contributed by atoms with Crippen molar-refractivity contribution in [2.45, 2.75) is 85.8 Å². The van der Waals surface area contributed by atoms with Crippen LogP contribution in [0.1, 0.15) is 87.2 Å². The minimum Gasteiger partial charge on any atom is -0.606 e. The highest BCUT2D eigenvalue weighted by Gasteiger charge is 2.29. The summed E-state index contributed by atoms with van der Waals surface area (Å²) in [6, 6.07) is 17.0. The van der Waals surface area contributed by atoms with Gasteiger partial charge >= 0.3 is 0 Å². The van der Waals surface area contributed by atoms with Crippen molar-refractivity contribution in [3.63, 3.8) is 0 Å². The van der Waals surface area contributed by atoms with E-state index in [-0.39, 0.29) is 0 Å². The van der Waals surface area contributed by atoms with Crippen LogP contribution in [0.15, 0.2) is 58.3 Å². The Morgan fingerprint density at radius 3 is 1.38 bits per heavy atom. The molecule has 1 nitrogen and oxygen atoms in total. The molecule has 2 fully saturated rings. The highest BCUT2D eigenvalue weighted by Crippen LogP contribution is 2.41. The summed E-state index contributed by atoms with van der Waals surface area (Å²) in [7, 11) is 0. The van der Waals surface area contributed by atoms with E-state index in [1.165, 1.54) is 75.3 Å². The van der Waals surface area contributed by atoms with Crippen LogP contribution in [0.2, 0.25) is 0 Å². The molecule has 0 bridgehead atoms. The Balaban J connectivity index is 1.67. The van der Waals surface area contributed by atoms with Crippen LogP contribution >= 0.6 is 0 Å². The topological polar surface area (TPSA) is 23.1 Å². The first-order valence-electron chi connectivity index (χ1n) is 10.4. The molecule has 2 aliphatic carbocycles. The molecule has 2 heteroatoms. The van der Waals surface area contributed by atoms with Gasteiger partial charge in [0.15, 0.2) is 9.79 Å². The summed E-state index contributed by atoms with van der Waals surface area (Å²) in [5.74, 6) is 1.18. The summed E-state index contributed by atoms with van der Waals surface area (Å²) in [6.45, 7) is 0. The zero-order valence-electron chi connectivity index (χ0n) is 15.7. The molecule has 0 saturated heterocycles. The number of benzene rings is 2. The van der Waals surface area contributed by atoms with Gasteiger partial charge in [-0.15, -0.1) is 0 Å². The predicted molar refractivity (Wildman–Crippen MR) is 109 cm³/mol. The fourth-order valence-corrected chi connectivity index (χ4v) is 6.46. The third-order valence-electron chi connectivity index (χ3n) is 6.33. The standard InChI is InChI=1S/C24H30OS/c25-26(23-17-9-7-15-21(23)19-11-3-1-4-12-19)24-18-10-8-16-22(24)20-13-5-2-6-14-20/h7-10,15-20H,1-6,11-14H2. The zero-order valence-corrected chi connectivity index (χ0v) is 16.5. The normalized spacial score (nSPS) is 19.8. The van der Waals surface area contributed by atoms with Gasteiger partial charge in [-0.05, 0) is 49.7 Å². The molecule has 0 heterocycles. The van der Waals surface area contributed by atoms with Gasteiger partial charge in [-0.2, -0.15) is 0 Å². The average molecular weight is 367 g/mol. The van der Waals surface area contributed by atoms with Crippen LogP contribution in [0.5, 0.6) is 0 Å². The maximum absolute atomic E-state index is 13.7. The van der Waals surface area contributed by atoms with Crippen molar-refractivity contribution in [2.24, 2.45) is 0 Å². The smallest absolute Gasteiger partial charge is 0.161 e. The molecule has 0 aliphatic heterocycles. The maximum Gasteiger partial charge on any atom is 0.161 e. The lowest BCUT2D eigenvalue weighted by Gasteiger charge is -2.27. The van der Waals surface area contributed by atoms with Crippen molar-refractivity contribution < 1.29 is 4.55 Å². The molecular formula is C24H30OS. The van der Waals surface area contributed by atoms with Gasteiger partial charge < -0.3 is 4.55 Å². The Kier molecular flexibility index (Phi) is 6.01. The Bertz CT molecular complexity index is 652. The third kappa shape index (κ3) is 3.87. The molecule has 4 rings (SSSR count). The molecule has 138 valence electrons. The molecular weight excluding hydrogens is 336 g/mol. The molecule has 2 aromatic rings. The van der Waals surface area contributed by atoms with E-state index in [1.807, 2.05) is 0 Å². The monoisotopic (exact) mass is 366 g/mol. The lowest BCUT2D eigenvalue weighted by atomic mass is 9.84. The summed E-state index contributed by atoms with van der Waals surface area (Å²) in [4.78, 5) is 2.12. The van der Waals surface area contributed by atoms with Crippen molar-refractivity contribution in [1.82, 2.24) is 0 Å². The molecule has 2 saturated carbocycles. The summed E-state index contributed by atoms with van der Waals surface area (Å²) in [5, 5.41) is 0. The van der Waals surface area contributed by atoms with Crippen LogP contribution in [0, 0.1) is 0 Å². The largest absolute Gasteiger partial charge is 0.606 e. The van der Waals surface area contributed by atoms with Gasteiger partial charge in [0.05, 0.1) is 0 Å². The van der Waals surface area contributed by atoms with E-state index in [2.05, 4.69) is 48.5 Å². The van der Waals surface area contributed by atoms with Crippen LogP contribution < -0.4 is 0 Å². The van der Waals surface area contributed by atoms with Gasteiger partial charge in [-0.3, -0.25) is 0 Å². The Morgan fingerprint density at radius 2 is 0.962 bits per heavy atom. The maximum atomic E-state index is 13.7. The molecule has 0 spiro atoms. The zero-order chi connectivity index (χ0) is 17.8. The van der Waals surface area contributed by atoms with E-state index in [4.69, 9.17) is 0 Å². The van der Waals surface area contributed by atoms with E-state index >= 15 is 0 Å². The Labute approximate surface area is 161 Å². The van der Waals surface area contributed by atoms with E-state index in [0.29, 0.717) is 11.8 Å². The molecule has 2 aliphatic rings. The number of hydrogen-bond donors (Lipinski definition) is 0. The lowest BCUT2D eigenvalue weighted by molar-refractivity contribution is 0.436. The lowest BCUT2D eigenvalue weighted by Crippen LogP contribution is -2.14. The summed E-state index contributed by atoms with van der Waals surface area (Å²) in [6.07, 6.45) is 12.9. The van der Waals surface area contributed by atoms with Crippen molar-refractivity contribution in [3.8, 4) is 0 Å². The molecule has 0 unspecified atom stereocenters. The molecule has 0 amide bonds. The molecule has 0 atom stereocenters. The van der Waals surface area contributed by atoms with Gasteiger partial charge in [0.25, 0.3) is 0 Å². The predicted octanol–water partition coefficient (Wildman–Crippen LogP) is 6.95. The van der Waals surface area contributed by atoms with Crippen LogP contribution in [-0.2, 0) is 11.2 Å². The SMILES string of the molecule is [O-][S+](c1ccccc1C1CCCCC1)c1ccccc1C1CCCCC1. The van der Waals surface area contributed by atoms with Gasteiger partial charge in [0.1, 0.15) is 0 Å². The van der Waals surface area contributed by atoms with Crippen molar-refractivity contribution in [2.75, 3.05) is 0 Å². The van der Waals surface area contributed by atoms with Crippen LogP contribution in [0.3, 0.4) is 0 Å². The van der Waals surface area contributed by atoms with E-state index < -0.39 is 11.2 Å². The highest BCUT2D eigenvalue weighted by molar-refractivity contribution is 7.91. The second kappa shape index (κ2) is 8.63. The number of rotatable bonds is 4. The van der Waals surface area contributed by atoms with Crippen LogP contribution in [0.25, 0.3) is 0 Å². The van der Waals surface area contributed by atoms with Gasteiger partial charge in [-0.25, -0.2) is 0 Å². The Morgan fingerprint density at radius 1 is 0.577 bits per heavy atom. The second-order valence-electron chi connectivity index (χ2n) is 8.01. The van der Waals surface area contributed by atoms with E-state index in [0.717, 1.165) is 9.79 Å². The van der Waals surface area contributed by atoms with Crippen molar-refractivity contribution in [3.05, 3.63) is 59.7 Å². The molecule has 2 aromatic carbocycles. The van der Waals surface area contributed by atoms with Gasteiger partial charge in [-0.1, -0.05) is 74.9 Å². The quantitative estimate of drug-likeness (QED) is 0.537. The fourth-order valence-electron chi connectivity index (χ4n) is 4.92. The molecule has 0 aromatic heterocycles. The third-order valence-corrected chi connectivity index (χ3v) is 7.87. The van der Waals surface area contributed by atoms with Gasteiger partial charge in [0, 0.05) is 22.3 Å². The molecule has 26 heavy (non-hydrogen) atoms. The first-order valence-corrected chi connectivity index (χ1v) is 11.6. The summed E-state index contributed by atoms with van der Waals surface area (Å²) in [5.41, 5.74) is 2.67. The minimum absolute atomic E-state index is 0.589. The first-order chi connectivity index (χ1) is 12.8. The second-order valence-corrected chi connectivity index (χ2v) is 9.43. The fraction of sp³-hybridized carbons (Fsp3) is 0.500. The van der Waals surface area contributed by atoms with Gasteiger partial charge in [0.2, 0.25) is 0 Å².